The molecule has 0 spiro atoms. The predicted octanol–water partition coefficient (Wildman–Crippen LogP) is 7.96. The van der Waals surface area contributed by atoms with E-state index < -0.39 is 8.07 Å². The Morgan fingerprint density at radius 1 is 0.939 bits per heavy atom. The number of nitrogens with zero attached hydrogens (tertiary/aromatic N) is 1. The van der Waals surface area contributed by atoms with Crippen molar-refractivity contribution in [2.24, 2.45) is 12.5 Å². The summed E-state index contributed by atoms with van der Waals surface area (Å²) in [6.45, 7) is 16.8. The average Bonchev–Trinajstić information content (AvgIpc) is 2.74. The number of benzene rings is 2. The molecule has 0 saturated heterocycles. The van der Waals surface area contributed by atoms with Crippen LogP contribution in [0.15, 0.2) is 42.6 Å². The molecule has 0 unspecified atom stereocenters. The Hall–Kier alpha value is -1.93. The van der Waals surface area contributed by atoms with E-state index >= 15 is 0 Å². The first kappa shape index (κ1) is 24.2. The van der Waals surface area contributed by atoms with E-state index in [2.05, 4.69) is 102 Å². The fourth-order valence-corrected chi connectivity index (χ4v) is 10.3. The molecule has 3 aromatic rings. The molecule has 1 heterocycles. The van der Waals surface area contributed by atoms with Crippen LogP contribution in [0.1, 0.15) is 75.5 Å². The molecule has 0 N–H and O–H groups in total. The van der Waals surface area contributed by atoms with Crippen molar-refractivity contribution >= 4 is 24.0 Å². The summed E-state index contributed by atoms with van der Waals surface area (Å²) in [5, 5.41) is 4.34. The van der Waals surface area contributed by atoms with Gasteiger partial charge >= 0.3 is 0 Å². The molecule has 0 amide bonds. The summed E-state index contributed by atoms with van der Waals surface area (Å²) in [6, 6.07) is 16.0. The fraction of sp³-hybridized carbons (Fsp3) is 0.516. The van der Waals surface area contributed by atoms with Crippen LogP contribution >= 0.6 is 0 Å². The summed E-state index contributed by atoms with van der Waals surface area (Å²) >= 11 is 0. The zero-order valence-electron chi connectivity index (χ0n) is 22.3. The Morgan fingerprint density at radius 3 is 2.30 bits per heavy atom. The molecule has 176 valence electrons. The van der Waals surface area contributed by atoms with Gasteiger partial charge in [-0.2, -0.15) is 0 Å². The van der Waals surface area contributed by atoms with E-state index in [0.717, 1.165) is 5.92 Å². The Kier molecular flexibility index (Phi) is 6.62. The van der Waals surface area contributed by atoms with Gasteiger partial charge in [0.25, 0.3) is 0 Å². The average molecular weight is 459 g/mol. The van der Waals surface area contributed by atoms with Crippen molar-refractivity contribution in [3.05, 3.63) is 59.3 Å². The van der Waals surface area contributed by atoms with Crippen molar-refractivity contribution < 1.29 is 4.57 Å². The first-order chi connectivity index (χ1) is 15.5. The van der Waals surface area contributed by atoms with Gasteiger partial charge in [0.05, 0.1) is 19.0 Å². The van der Waals surface area contributed by atoms with E-state index in [0.29, 0.717) is 5.41 Å². The largest absolute Gasteiger partial charge is 0.220 e. The van der Waals surface area contributed by atoms with Gasteiger partial charge in [0, 0.05) is 6.07 Å². The number of rotatable bonds is 4. The SMILES string of the molecule is Cc1cc(C2CCCCC2)cc(-c2c3ccc([Si](C)(C)CC(C)(C)C)cc3cc[n+]2C)c1C. The van der Waals surface area contributed by atoms with Crippen LogP contribution in [0.4, 0.5) is 0 Å². The molecule has 1 aliphatic carbocycles. The molecule has 1 fully saturated rings. The molecule has 0 aliphatic heterocycles. The summed E-state index contributed by atoms with van der Waals surface area (Å²) in [5.74, 6) is 0.730. The van der Waals surface area contributed by atoms with Crippen LogP contribution in [0.5, 0.6) is 0 Å². The second kappa shape index (κ2) is 9.02. The summed E-state index contributed by atoms with van der Waals surface area (Å²) in [5.41, 5.74) is 7.56. The van der Waals surface area contributed by atoms with Crippen LogP contribution < -0.4 is 9.75 Å². The molecular formula is C31H44NSi+. The normalized spacial score (nSPS) is 15.9. The van der Waals surface area contributed by atoms with Crippen molar-refractivity contribution in [3.8, 4) is 11.3 Å². The van der Waals surface area contributed by atoms with Gasteiger partial charge in [-0.05, 0) is 78.3 Å². The summed E-state index contributed by atoms with van der Waals surface area (Å²) < 4.78 is 2.34. The Labute approximate surface area is 203 Å². The smallest absolute Gasteiger partial charge is 0.200 e. The monoisotopic (exact) mass is 458 g/mol. The molecule has 33 heavy (non-hydrogen) atoms. The number of aromatic nitrogens is 1. The number of aryl methyl sites for hydroxylation is 2. The maximum atomic E-state index is 2.53. The molecule has 4 rings (SSSR count). The highest BCUT2D eigenvalue weighted by molar-refractivity contribution is 6.90. The minimum atomic E-state index is -1.50. The maximum Gasteiger partial charge on any atom is 0.220 e. The van der Waals surface area contributed by atoms with Crippen LogP contribution in [0.3, 0.4) is 0 Å². The van der Waals surface area contributed by atoms with Gasteiger partial charge in [-0.15, -0.1) is 0 Å². The third kappa shape index (κ3) is 5.11. The van der Waals surface area contributed by atoms with Crippen LogP contribution in [0.25, 0.3) is 22.0 Å². The number of fused-ring (bicyclic) bond motifs is 1. The number of pyridine rings is 1. The molecular weight excluding hydrogens is 414 g/mol. The second-order valence-electron chi connectivity index (χ2n) is 12.5. The molecule has 1 nitrogen and oxygen atoms in total. The molecule has 0 bridgehead atoms. The lowest BCUT2D eigenvalue weighted by molar-refractivity contribution is -0.659. The Morgan fingerprint density at radius 2 is 1.64 bits per heavy atom. The first-order valence-electron chi connectivity index (χ1n) is 13.0. The molecule has 0 atom stereocenters. The van der Waals surface area contributed by atoms with E-state index in [1.54, 1.807) is 10.8 Å². The minimum Gasteiger partial charge on any atom is -0.200 e. The van der Waals surface area contributed by atoms with Crippen molar-refractivity contribution in [2.45, 2.75) is 91.8 Å². The highest BCUT2D eigenvalue weighted by atomic mass is 28.3. The third-order valence-electron chi connectivity index (χ3n) is 7.91. The topological polar surface area (TPSA) is 3.88 Å². The van der Waals surface area contributed by atoms with Crippen molar-refractivity contribution in [1.82, 2.24) is 0 Å². The zero-order chi connectivity index (χ0) is 24.0. The lowest BCUT2D eigenvalue weighted by atomic mass is 9.81. The van der Waals surface area contributed by atoms with Gasteiger partial charge < -0.3 is 0 Å². The van der Waals surface area contributed by atoms with Gasteiger partial charge in [-0.25, -0.2) is 4.57 Å². The highest BCUT2D eigenvalue weighted by Crippen LogP contribution is 2.38. The van der Waals surface area contributed by atoms with Crippen LogP contribution in [-0.2, 0) is 7.05 Å². The van der Waals surface area contributed by atoms with E-state index in [4.69, 9.17) is 0 Å². The van der Waals surface area contributed by atoms with Crippen LogP contribution in [0, 0.1) is 19.3 Å². The molecule has 0 radical (unpaired) electrons. The predicted molar refractivity (Wildman–Crippen MR) is 147 cm³/mol. The van der Waals surface area contributed by atoms with Crippen LogP contribution in [-0.4, -0.2) is 8.07 Å². The molecule has 1 saturated carbocycles. The van der Waals surface area contributed by atoms with Crippen LogP contribution in [0.2, 0.25) is 19.1 Å². The zero-order valence-corrected chi connectivity index (χ0v) is 23.3. The van der Waals surface area contributed by atoms with Crippen molar-refractivity contribution in [3.63, 3.8) is 0 Å². The maximum absolute atomic E-state index is 2.53. The Balaban J connectivity index is 1.84. The summed E-state index contributed by atoms with van der Waals surface area (Å²) in [7, 11) is 0.711. The van der Waals surface area contributed by atoms with Gasteiger partial charge in [0.15, 0.2) is 6.20 Å². The first-order valence-corrected chi connectivity index (χ1v) is 16.2. The van der Waals surface area contributed by atoms with Crippen molar-refractivity contribution in [2.75, 3.05) is 0 Å². The van der Waals surface area contributed by atoms with Gasteiger partial charge in [-0.3, -0.25) is 0 Å². The summed E-state index contributed by atoms with van der Waals surface area (Å²) in [6.07, 6.45) is 9.13. The van der Waals surface area contributed by atoms with Gasteiger partial charge in [0.2, 0.25) is 5.69 Å². The highest BCUT2D eigenvalue weighted by Gasteiger charge is 2.30. The van der Waals surface area contributed by atoms with E-state index in [9.17, 15) is 0 Å². The quantitative estimate of drug-likeness (QED) is 0.276. The number of hydrogen-bond donors (Lipinski definition) is 0. The number of hydrogen-bond acceptors (Lipinski definition) is 0. The minimum absolute atomic E-state index is 0.368. The van der Waals surface area contributed by atoms with Crippen molar-refractivity contribution in [1.29, 1.82) is 0 Å². The lowest BCUT2D eigenvalue weighted by Gasteiger charge is -2.31. The lowest BCUT2D eigenvalue weighted by Crippen LogP contribution is -2.44. The fourth-order valence-electron chi connectivity index (χ4n) is 6.36. The summed E-state index contributed by atoms with van der Waals surface area (Å²) in [4.78, 5) is 0. The van der Waals surface area contributed by atoms with E-state index in [-0.39, 0.29) is 0 Å². The van der Waals surface area contributed by atoms with E-state index in [1.807, 2.05) is 0 Å². The third-order valence-corrected chi connectivity index (χ3v) is 11.7. The molecule has 2 heteroatoms. The molecule has 1 aromatic heterocycles. The molecule has 1 aliphatic rings. The van der Waals surface area contributed by atoms with Gasteiger partial charge in [-0.1, -0.05) is 76.5 Å². The Bertz CT molecular complexity index is 1160. The molecule has 2 aromatic carbocycles. The van der Waals surface area contributed by atoms with Gasteiger partial charge in [0.1, 0.15) is 7.05 Å². The van der Waals surface area contributed by atoms with E-state index in [1.165, 1.54) is 71.3 Å². The standard InChI is InChI=1S/C31H44NSi/c1-22-18-26(24-12-10-9-11-13-24)20-29(23(22)2)30-28-15-14-27(19-25(28)16-17-32(30)6)33(7,8)21-31(3,4)5/h14-20,24H,9-13,21H2,1-8H3/q+1. The second-order valence-corrected chi connectivity index (χ2v) is 17.2.